The van der Waals surface area contributed by atoms with E-state index in [0.29, 0.717) is 6.10 Å². The van der Waals surface area contributed by atoms with E-state index in [1.807, 2.05) is 54.6 Å². The summed E-state index contributed by atoms with van der Waals surface area (Å²) in [6.45, 7) is 2.05. The summed E-state index contributed by atoms with van der Waals surface area (Å²) in [4.78, 5) is 0. The van der Waals surface area contributed by atoms with Gasteiger partial charge in [-0.05, 0) is 55.8 Å². The Morgan fingerprint density at radius 1 is 0.909 bits per heavy atom. The van der Waals surface area contributed by atoms with Crippen molar-refractivity contribution in [3.05, 3.63) is 65.7 Å². The van der Waals surface area contributed by atoms with E-state index in [1.54, 1.807) is 0 Å². The maximum absolute atomic E-state index is 5.96. The molecule has 2 nitrogen and oxygen atoms in total. The molecule has 0 bridgehead atoms. The summed E-state index contributed by atoms with van der Waals surface area (Å²) in [5.74, 6) is 7.26. The number of nitrogens with one attached hydrogen (secondary N) is 1. The van der Waals surface area contributed by atoms with Gasteiger partial charge in [0.25, 0.3) is 0 Å². The van der Waals surface area contributed by atoms with Crippen LogP contribution in [0.4, 0.5) is 0 Å². The van der Waals surface area contributed by atoms with E-state index in [0.717, 1.165) is 36.4 Å². The lowest BCUT2D eigenvalue weighted by Crippen LogP contribution is -2.37. The van der Waals surface area contributed by atoms with E-state index < -0.39 is 0 Å². The zero-order chi connectivity index (χ0) is 14.3. The lowest BCUT2D eigenvalue weighted by Gasteiger charge is -2.23. The molecule has 1 saturated heterocycles. The van der Waals surface area contributed by atoms with Crippen LogP contribution in [0.25, 0.3) is 0 Å². The van der Waals surface area contributed by atoms with Crippen LogP contribution in [0.3, 0.4) is 0 Å². The average Bonchev–Trinajstić information content (AvgIpc) is 2.56. The molecule has 0 spiro atoms. The maximum atomic E-state index is 5.96. The molecule has 3 heteroatoms. The molecule has 1 N–H and O–H groups in total. The minimum atomic E-state index is 0. The van der Waals surface area contributed by atoms with Gasteiger partial charge in [0.2, 0.25) is 0 Å². The third kappa shape index (κ3) is 4.80. The highest BCUT2D eigenvalue weighted by molar-refractivity contribution is 5.85. The molecule has 1 fully saturated rings. The summed E-state index contributed by atoms with van der Waals surface area (Å²) in [6, 6.07) is 18.1. The molecule has 0 aromatic heterocycles. The summed E-state index contributed by atoms with van der Waals surface area (Å²) < 4.78 is 5.96. The average molecular weight is 314 g/mol. The standard InChI is InChI=1S/C19H19NO.ClH/c1-2-5-16(6-3-1)8-9-17-10-12-18(13-11-17)21-19-7-4-14-20-15-19;/h1-3,5-6,10-13,19-20H,4,7,14-15H2;1H. The fourth-order valence-corrected chi connectivity index (χ4v) is 2.40. The molecule has 1 aliphatic heterocycles. The molecule has 1 heterocycles. The van der Waals surface area contributed by atoms with Gasteiger partial charge in [0, 0.05) is 17.7 Å². The molecule has 0 amide bonds. The first-order valence-electron chi connectivity index (χ1n) is 7.45. The Hall–Kier alpha value is -1.95. The summed E-state index contributed by atoms with van der Waals surface area (Å²) >= 11 is 0. The quantitative estimate of drug-likeness (QED) is 0.855. The highest BCUT2D eigenvalue weighted by atomic mass is 35.5. The van der Waals surface area contributed by atoms with Gasteiger partial charge in [-0.3, -0.25) is 0 Å². The first-order valence-corrected chi connectivity index (χ1v) is 7.45. The molecule has 2 aromatic carbocycles. The normalized spacial score (nSPS) is 16.8. The number of hydrogen-bond donors (Lipinski definition) is 1. The van der Waals surface area contributed by atoms with Crippen molar-refractivity contribution >= 4 is 12.4 Å². The molecule has 0 radical (unpaired) electrons. The van der Waals surface area contributed by atoms with Crippen LogP contribution in [0.2, 0.25) is 0 Å². The van der Waals surface area contributed by atoms with Crippen molar-refractivity contribution in [1.29, 1.82) is 0 Å². The molecule has 2 aromatic rings. The highest BCUT2D eigenvalue weighted by Gasteiger charge is 2.13. The number of rotatable bonds is 2. The molecule has 1 aliphatic rings. The van der Waals surface area contributed by atoms with E-state index >= 15 is 0 Å². The van der Waals surface area contributed by atoms with Gasteiger partial charge in [0.1, 0.15) is 11.9 Å². The first kappa shape index (κ1) is 16.4. The van der Waals surface area contributed by atoms with E-state index in [-0.39, 0.29) is 12.4 Å². The molecular weight excluding hydrogens is 294 g/mol. The maximum Gasteiger partial charge on any atom is 0.119 e. The molecule has 1 unspecified atom stereocenters. The predicted molar refractivity (Wildman–Crippen MR) is 92.6 cm³/mol. The van der Waals surface area contributed by atoms with Gasteiger partial charge in [0.05, 0.1) is 0 Å². The van der Waals surface area contributed by atoms with Gasteiger partial charge >= 0.3 is 0 Å². The Morgan fingerprint density at radius 2 is 1.59 bits per heavy atom. The Kier molecular flexibility index (Phi) is 6.33. The second-order valence-electron chi connectivity index (χ2n) is 5.23. The number of hydrogen-bond acceptors (Lipinski definition) is 2. The monoisotopic (exact) mass is 313 g/mol. The fourth-order valence-electron chi connectivity index (χ4n) is 2.40. The number of piperidine rings is 1. The SMILES string of the molecule is C(#Cc1ccc(OC2CCCNC2)cc1)c1ccccc1.Cl. The zero-order valence-electron chi connectivity index (χ0n) is 12.4. The van der Waals surface area contributed by atoms with Crippen molar-refractivity contribution in [2.45, 2.75) is 18.9 Å². The zero-order valence-corrected chi connectivity index (χ0v) is 13.2. The molecule has 0 saturated carbocycles. The van der Waals surface area contributed by atoms with E-state index in [1.165, 1.54) is 6.42 Å². The Bertz CT molecular complexity index is 622. The molecular formula is C19H20ClNO. The van der Waals surface area contributed by atoms with Crippen molar-refractivity contribution in [2.24, 2.45) is 0 Å². The van der Waals surface area contributed by atoms with Gasteiger partial charge in [-0.15, -0.1) is 12.4 Å². The Labute approximate surface area is 138 Å². The largest absolute Gasteiger partial charge is 0.489 e. The third-order valence-electron chi connectivity index (χ3n) is 3.53. The van der Waals surface area contributed by atoms with E-state index in [9.17, 15) is 0 Å². The minimum absolute atomic E-state index is 0. The van der Waals surface area contributed by atoms with Gasteiger partial charge in [-0.2, -0.15) is 0 Å². The molecule has 1 atom stereocenters. The Morgan fingerprint density at radius 3 is 2.23 bits per heavy atom. The van der Waals surface area contributed by atoms with Crippen LogP contribution in [0.5, 0.6) is 5.75 Å². The molecule has 22 heavy (non-hydrogen) atoms. The van der Waals surface area contributed by atoms with Crippen molar-refractivity contribution in [3.63, 3.8) is 0 Å². The summed E-state index contributed by atoms with van der Waals surface area (Å²) in [5, 5.41) is 3.36. The van der Waals surface area contributed by atoms with E-state index in [2.05, 4.69) is 17.2 Å². The van der Waals surface area contributed by atoms with Gasteiger partial charge in [0.15, 0.2) is 0 Å². The van der Waals surface area contributed by atoms with Crippen molar-refractivity contribution < 1.29 is 4.74 Å². The second kappa shape index (κ2) is 8.48. The lowest BCUT2D eigenvalue weighted by molar-refractivity contribution is 0.167. The topological polar surface area (TPSA) is 21.3 Å². The van der Waals surface area contributed by atoms with Crippen molar-refractivity contribution in [1.82, 2.24) is 5.32 Å². The molecule has 114 valence electrons. The van der Waals surface area contributed by atoms with Crippen LogP contribution >= 0.6 is 12.4 Å². The van der Waals surface area contributed by atoms with E-state index in [4.69, 9.17) is 4.74 Å². The summed E-state index contributed by atoms with van der Waals surface area (Å²) in [6.07, 6.45) is 2.61. The van der Waals surface area contributed by atoms with Crippen LogP contribution in [-0.2, 0) is 0 Å². The summed E-state index contributed by atoms with van der Waals surface area (Å²) in [7, 11) is 0. The van der Waals surface area contributed by atoms with Crippen molar-refractivity contribution in [2.75, 3.05) is 13.1 Å². The summed E-state index contributed by atoms with van der Waals surface area (Å²) in [5.41, 5.74) is 2.04. The van der Waals surface area contributed by atoms with Gasteiger partial charge in [-0.25, -0.2) is 0 Å². The first-order chi connectivity index (χ1) is 10.4. The fraction of sp³-hybridized carbons (Fsp3) is 0.263. The van der Waals surface area contributed by atoms with Gasteiger partial charge < -0.3 is 10.1 Å². The number of ether oxygens (including phenoxy) is 1. The molecule has 3 rings (SSSR count). The predicted octanol–water partition coefficient (Wildman–Crippen LogP) is 3.64. The van der Waals surface area contributed by atoms with Crippen LogP contribution in [-0.4, -0.2) is 19.2 Å². The van der Waals surface area contributed by atoms with Crippen LogP contribution < -0.4 is 10.1 Å². The smallest absolute Gasteiger partial charge is 0.119 e. The minimum Gasteiger partial charge on any atom is -0.489 e. The van der Waals surface area contributed by atoms with Crippen LogP contribution in [0, 0.1) is 11.8 Å². The van der Waals surface area contributed by atoms with Crippen LogP contribution in [0.1, 0.15) is 24.0 Å². The van der Waals surface area contributed by atoms with Gasteiger partial charge in [-0.1, -0.05) is 30.0 Å². The van der Waals surface area contributed by atoms with Crippen molar-refractivity contribution in [3.8, 4) is 17.6 Å². The highest BCUT2D eigenvalue weighted by Crippen LogP contribution is 2.16. The number of halogens is 1. The number of benzene rings is 2. The Balaban J connectivity index is 0.00000176. The second-order valence-corrected chi connectivity index (χ2v) is 5.23. The third-order valence-corrected chi connectivity index (χ3v) is 3.53. The molecule has 0 aliphatic carbocycles. The van der Waals surface area contributed by atoms with Crippen LogP contribution in [0.15, 0.2) is 54.6 Å². The lowest BCUT2D eigenvalue weighted by atomic mass is 10.1.